The van der Waals surface area contributed by atoms with Crippen LogP contribution >= 0.6 is 0 Å². The van der Waals surface area contributed by atoms with Crippen LogP contribution < -0.4 is 0 Å². The summed E-state index contributed by atoms with van der Waals surface area (Å²) in [5.41, 5.74) is 4.36. The van der Waals surface area contributed by atoms with Crippen LogP contribution in [-0.2, 0) is 9.53 Å². The molecule has 0 unspecified atom stereocenters. The highest BCUT2D eigenvalue weighted by Crippen LogP contribution is 2.43. The lowest BCUT2D eigenvalue weighted by Crippen LogP contribution is -2.19. The second-order valence-electron chi connectivity index (χ2n) is 6.89. The lowest BCUT2D eigenvalue weighted by atomic mass is 9.90. The van der Waals surface area contributed by atoms with Gasteiger partial charge in [-0.15, -0.1) is 0 Å². The van der Waals surface area contributed by atoms with Crippen LogP contribution in [0.3, 0.4) is 0 Å². The highest BCUT2D eigenvalue weighted by Gasteiger charge is 2.30. The van der Waals surface area contributed by atoms with Gasteiger partial charge < -0.3 is 4.74 Å². The van der Waals surface area contributed by atoms with Gasteiger partial charge in [0.05, 0.1) is 12.0 Å². The van der Waals surface area contributed by atoms with E-state index in [2.05, 4.69) is 27.4 Å². The Bertz CT molecular complexity index is 417. The second-order valence-corrected chi connectivity index (χ2v) is 6.89. The van der Waals surface area contributed by atoms with Gasteiger partial charge in [0.1, 0.15) is 0 Å². The molecule has 0 N–H and O–H groups in total. The van der Waals surface area contributed by atoms with Gasteiger partial charge in [0.2, 0.25) is 0 Å². The summed E-state index contributed by atoms with van der Waals surface area (Å²) < 4.78 is 5.47. The van der Waals surface area contributed by atoms with E-state index < -0.39 is 0 Å². The van der Waals surface area contributed by atoms with Crippen molar-refractivity contribution in [3.63, 3.8) is 0 Å². The molecule has 1 aliphatic rings. The summed E-state index contributed by atoms with van der Waals surface area (Å²) in [5, 5.41) is 0. The molecule has 0 aromatic carbocycles. The summed E-state index contributed by atoms with van der Waals surface area (Å²) >= 11 is 0. The number of carbonyl (C=O) groups excluding carboxylic acids is 1. The molecule has 120 valence electrons. The maximum Gasteiger partial charge on any atom is 0.308 e. The van der Waals surface area contributed by atoms with Gasteiger partial charge in [-0.25, -0.2) is 0 Å². The first-order valence-corrected chi connectivity index (χ1v) is 8.33. The maximum absolute atomic E-state index is 11.6. The second kappa shape index (κ2) is 7.82. The minimum Gasteiger partial charge on any atom is -0.462 e. The third kappa shape index (κ3) is 4.72. The van der Waals surface area contributed by atoms with E-state index >= 15 is 0 Å². The zero-order valence-electron chi connectivity index (χ0n) is 14.7. The van der Waals surface area contributed by atoms with Crippen LogP contribution in [-0.4, -0.2) is 12.1 Å². The molecule has 1 aliphatic carbocycles. The molecule has 0 amide bonds. The molecule has 0 aromatic rings. The van der Waals surface area contributed by atoms with Crippen molar-refractivity contribution >= 4 is 5.97 Å². The molecule has 2 heteroatoms. The van der Waals surface area contributed by atoms with Crippen molar-refractivity contribution in [2.75, 3.05) is 0 Å². The fourth-order valence-corrected chi connectivity index (χ4v) is 3.24. The highest BCUT2D eigenvalue weighted by molar-refractivity contribution is 5.71. The Hall–Kier alpha value is -1.05. The standard InChI is InChI=1S/C19H32O2/c1-8-16-11-18(12(2)3)17(15(16)7)10-9-14(6)21-19(20)13(4)5/h13-14,16,18H,2,8-11H2,1,3-7H3/t14-,16+,18-/m1/s1. The van der Waals surface area contributed by atoms with E-state index in [0.717, 1.165) is 12.8 Å². The number of ether oxygens (including phenoxy) is 1. The van der Waals surface area contributed by atoms with Crippen LogP contribution in [0.25, 0.3) is 0 Å². The molecule has 1 rings (SSSR count). The Morgan fingerprint density at radius 2 is 2.00 bits per heavy atom. The van der Waals surface area contributed by atoms with Gasteiger partial charge >= 0.3 is 5.97 Å². The fraction of sp³-hybridized carbons (Fsp3) is 0.737. The topological polar surface area (TPSA) is 26.3 Å². The lowest BCUT2D eigenvalue weighted by Gasteiger charge is -2.19. The van der Waals surface area contributed by atoms with Gasteiger partial charge in [0.15, 0.2) is 0 Å². The van der Waals surface area contributed by atoms with Gasteiger partial charge in [-0.1, -0.05) is 44.1 Å². The van der Waals surface area contributed by atoms with Crippen molar-refractivity contribution in [2.45, 2.75) is 73.3 Å². The quantitative estimate of drug-likeness (QED) is 0.470. The molecule has 0 radical (unpaired) electrons. The summed E-state index contributed by atoms with van der Waals surface area (Å²) in [4.78, 5) is 11.6. The van der Waals surface area contributed by atoms with Crippen molar-refractivity contribution in [1.82, 2.24) is 0 Å². The van der Waals surface area contributed by atoms with Crippen LogP contribution in [0.15, 0.2) is 23.3 Å². The smallest absolute Gasteiger partial charge is 0.308 e. The molecular formula is C19H32O2. The number of hydrogen-bond donors (Lipinski definition) is 0. The normalized spacial score (nSPS) is 23.6. The molecule has 0 spiro atoms. The Balaban J connectivity index is 2.64. The van der Waals surface area contributed by atoms with Crippen LogP contribution in [0.5, 0.6) is 0 Å². The molecule has 3 atom stereocenters. The van der Waals surface area contributed by atoms with E-state index in [-0.39, 0.29) is 18.0 Å². The number of hydrogen-bond acceptors (Lipinski definition) is 2. The van der Waals surface area contributed by atoms with Crippen molar-refractivity contribution in [2.24, 2.45) is 17.8 Å². The predicted molar refractivity (Wildman–Crippen MR) is 89.0 cm³/mol. The monoisotopic (exact) mass is 292 g/mol. The van der Waals surface area contributed by atoms with Gasteiger partial charge in [-0.3, -0.25) is 4.79 Å². The van der Waals surface area contributed by atoms with E-state index in [9.17, 15) is 4.79 Å². The zero-order chi connectivity index (χ0) is 16.2. The van der Waals surface area contributed by atoms with E-state index in [0.29, 0.717) is 11.8 Å². The zero-order valence-corrected chi connectivity index (χ0v) is 14.7. The fourth-order valence-electron chi connectivity index (χ4n) is 3.24. The van der Waals surface area contributed by atoms with Gasteiger partial charge in [0, 0.05) is 5.92 Å². The SMILES string of the molecule is C=C(C)[C@H]1C[C@H](CC)C(C)=C1CC[C@@H](C)OC(=O)C(C)C. The van der Waals surface area contributed by atoms with Crippen molar-refractivity contribution in [3.05, 3.63) is 23.3 Å². The largest absolute Gasteiger partial charge is 0.462 e. The first-order valence-electron chi connectivity index (χ1n) is 8.33. The van der Waals surface area contributed by atoms with Crippen LogP contribution in [0.4, 0.5) is 0 Å². The Morgan fingerprint density at radius 1 is 1.38 bits per heavy atom. The van der Waals surface area contributed by atoms with Crippen molar-refractivity contribution in [3.8, 4) is 0 Å². The third-order valence-electron chi connectivity index (χ3n) is 4.76. The molecule has 0 bridgehead atoms. The molecular weight excluding hydrogens is 260 g/mol. The summed E-state index contributed by atoms with van der Waals surface area (Å²) in [7, 11) is 0. The maximum atomic E-state index is 11.6. The highest BCUT2D eigenvalue weighted by atomic mass is 16.5. The van der Waals surface area contributed by atoms with Crippen molar-refractivity contribution < 1.29 is 9.53 Å². The van der Waals surface area contributed by atoms with Crippen LogP contribution in [0.1, 0.15) is 67.2 Å². The molecule has 0 saturated heterocycles. The van der Waals surface area contributed by atoms with Crippen LogP contribution in [0.2, 0.25) is 0 Å². The van der Waals surface area contributed by atoms with Crippen LogP contribution in [0, 0.1) is 17.8 Å². The minimum atomic E-state index is -0.0949. The van der Waals surface area contributed by atoms with E-state index in [1.807, 2.05) is 20.8 Å². The molecule has 2 nitrogen and oxygen atoms in total. The molecule has 0 aliphatic heterocycles. The molecule has 0 saturated carbocycles. The summed E-state index contributed by atoms with van der Waals surface area (Å²) in [6, 6.07) is 0. The number of allylic oxidation sites excluding steroid dienone is 3. The predicted octanol–water partition coefficient (Wildman–Crippen LogP) is 5.29. The number of esters is 1. The van der Waals surface area contributed by atoms with Crippen molar-refractivity contribution in [1.29, 1.82) is 0 Å². The molecule has 0 aromatic heterocycles. The average molecular weight is 292 g/mol. The first-order chi connectivity index (χ1) is 9.77. The molecule has 0 heterocycles. The Labute approximate surface area is 130 Å². The summed E-state index contributed by atoms with van der Waals surface area (Å²) in [6.45, 7) is 16.6. The van der Waals surface area contributed by atoms with Gasteiger partial charge in [-0.05, 0) is 52.4 Å². The average Bonchev–Trinajstić information content (AvgIpc) is 2.72. The van der Waals surface area contributed by atoms with Gasteiger partial charge in [0.25, 0.3) is 0 Å². The number of rotatable bonds is 7. The first kappa shape index (κ1) is 18.0. The summed E-state index contributed by atoms with van der Waals surface area (Å²) in [5.74, 6) is 1.09. The molecule has 21 heavy (non-hydrogen) atoms. The van der Waals surface area contributed by atoms with Gasteiger partial charge in [-0.2, -0.15) is 0 Å². The Kier molecular flexibility index (Phi) is 6.70. The van der Waals surface area contributed by atoms with E-state index in [1.165, 1.54) is 18.4 Å². The lowest BCUT2D eigenvalue weighted by molar-refractivity contribution is -0.152. The number of carbonyl (C=O) groups is 1. The van der Waals surface area contributed by atoms with E-state index in [4.69, 9.17) is 4.74 Å². The van der Waals surface area contributed by atoms with E-state index in [1.54, 1.807) is 11.1 Å². The summed E-state index contributed by atoms with van der Waals surface area (Å²) in [6.07, 6.45) is 4.34. The Morgan fingerprint density at radius 3 is 2.48 bits per heavy atom. The molecule has 0 fully saturated rings. The third-order valence-corrected chi connectivity index (χ3v) is 4.76. The minimum absolute atomic E-state index is 0.00773.